The lowest BCUT2D eigenvalue weighted by molar-refractivity contribution is 0.0810. The summed E-state index contributed by atoms with van der Waals surface area (Å²) in [6, 6.07) is 17.6. The molecule has 1 fully saturated rings. The molecule has 0 saturated carbocycles. The number of hydrogen-bond donors (Lipinski definition) is 4. The molecule has 1 saturated heterocycles. The van der Waals surface area contributed by atoms with Crippen molar-refractivity contribution in [3.8, 4) is 11.5 Å². The molecular weight excluding hydrogens is 440 g/mol. The van der Waals surface area contributed by atoms with Crippen molar-refractivity contribution in [2.24, 2.45) is 5.41 Å². The summed E-state index contributed by atoms with van der Waals surface area (Å²) < 4.78 is 0. The van der Waals surface area contributed by atoms with Gasteiger partial charge in [-0.05, 0) is 48.9 Å². The molecule has 9 nitrogen and oxygen atoms in total. The maximum Gasteiger partial charge on any atom is 0.180 e. The maximum atomic E-state index is 9.61. The highest BCUT2D eigenvalue weighted by Gasteiger charge is 2.35. The number of rotatable bonds is 9. The van der Waals surface area contributed by atoms with Crippen molar-refractivity contribution >= 4 is 17.3 Å². The molecule has 178 valence electrons. The molecule has 35 heavy (non-hydrogen) atoms. The zero-order valence-electron chi connectivity index (χ0n) is 19.6. The monoisotopic (exact) mass is 468 g/mol. The zero-order valence-corrected chi connectivity index (χ0v) is 19.6. The van der Waals surface area contributed by atoms with E-state index in [1.165, 1.54) is 0 Å². The average Bonchev–Trinajstić information content (AvgIpc) is 2.85. The fourth-order valence-corrected chi connectivity index (χ4v) is 3.89. The summed E-state index contributed by atoms with van der Waals surface area (Å²) in [4.78, 5) is 22.5. The van der Waals surface area contributed by atoms with Gasteiger partial charge in [-0.25, -0.2) is 24.9 Å². The molecule has 4 N–H and O–H groups in total. The van der Waals surface area contributed by atoms with Crippen molar-refractivity contribution in [2.75, 3.05) is 36.9 Å². The highest BCUT2D eigenvalue weighted by atomic mass is 16.3. The summed E-state index contributed by atoms with van der Waals surface area (Å²) in [5.74, 6) is 2.57. The summed E-state index contributed by atoms with van der Waals surface area (Å²) >= 11 is 0. The number of anilines is 3. The molecule has 4 heterocycles. The molecule has 0 atom stereocenters. The molecule has 4 aromatic rings. The van der Waals surface area contributed by atoms with Gasteiger partial charge < -0.3 is 21.1 Å². The van der Waals surface area contributed by atoms with Crippen molar-refractivity contribution < 1.29 is 5.11 Å². The fourth-order valence-electron chi connectivity index (χ4n) is 3.89. The Labute approximate surface area is 204 Å². The third-order valence-electron chi connectivity index (χ3n) is 6.05. The molecule has 3 aromatic heterocycles. The Morgan fingerprint density at radius 1 is 0.914 bits per heavy atom. The minimum Gasteiger partial charge on any atom is -0.396 e. The predicted molar refractivity (Wildman–Crippen MR) is 135 cm³/mol. The van der Waals surface area contributed by atoms with Crippen molar-refractivity contribution in [3.05, 3.63) is 84.1 Å². The molecule has 1 aliphatic rings. The first-order valence-electron chi connectivity index (χ1n) is 11.6. The summed E-state index contributed by atoms with van der Waals surface area (Å²) in [5, 5.41) is 19.5. The van der Waals surface area contributed by atoms with Crippen LogP contribution in [0, 0.1) is 12.3 Å². The number of aliphatic hydroxyl groups is 1. The van der Waals surface area contributed by atoms with Gasteiger partial charge in [0.2, 0.25) is 0 Å². The lowest BCUT2D eigenvalue weighted by atomic mass is 9.82. The van der Waals surface area contributed by atoms with Gasteiger partial charge in [-0.2, -0.15) is 0 Å². The van der Waals surface area contributed by atoms with Gasteiger partial charge in [0.05, 0.1) is 6.61 Å². The first kappa shape index (κ1) is 22.8. The number of pyridine rings is 1. The number of hydrogen-bond acceptors (Lipinski definition) is 9. The molecule has 0 radical (unpaired) electrons. The highest BCUT2D eigenvalue weighted by Crippen LogP contribution is 2.23. The Kier molecular flexibility index (Phi) is 6.60. The lowest BCUT2D eigenvalue weighted by Crippen LogP contribution is -2.59. The van der Waals surface area contributed by atoms with Crippen LogP contribution in [0.4, 0.5) is 17.3 Å². The normalized spacial score (nSPS) is 14.2. The van der Waals surface area contributed by atoms with Gasteiger partial charge in [0.25, 0.3) is 0 Å². The van der Waals surface area contributed by atoms with E-state index in [1.54, 1.807) is 18.5 Å². The second-order valence-electron chi connectivity index (χ2n) is 8.90. The van der Waals surface area contributed by atoms with Crippen molar-refractivity contribution in [1.82, 2.24) is 30.2 Å². The van der Waals surface area contributed by atoms with Crippen LogP contribution in [0.1, 0.15) is 17.1 Å². The Bertz CT molecular complexity index is 1290. The van der Waals surface area contributed by atoms with E-state index in [-0.39, 0.29) is 12.0 Å². The average molecular weight is 469 g/mol. The lowest BCUT2D eigenvalue weighted by Gasteiger charge is -2.41. The Morgan fingerprint density at radius 2 is 1.69 bits per heavy atom. The van der Waals surface area contributed by atoms with Crippen molar-refractivity contribution in [1.29, 1.82) is 0 Å². The van der Waals surface area contributed by atoms with E-state index < -0.39 is 0 Å². The summed E-state index contributed by atoms with van der Waals surface area (Å²) in [6.45, 7) is 4.56. The van der Waals surface area contributed by atoms with E-state index in [0.717, 1.165) is 42.3 Å². The van der Waals surface area contributed by atoms with Crippen LogP contribution in [0.2, 0.25) is 0 Å². The molecule has 1 aromatic carbocycles. The van der Waals surface area contributed by atoms with Crippen LogP contribution < -0.4 is 16.0 Å². The predicted octanol–water partition coefficient (Wildman–Crippen LogP) is 2.97. The number of aromatic nitrogens is 5. The summed E-state index contributed by atoms with van der Waals surface area (Å²) in [5.41, 5.74) is 3.74. The topological polar surface area (TPSA) is 121 Å². The van der Waals surface area contributed by atoms with Crippen LogP contribution in [0.3, 0.4) is 0 Å². The quantitative estimate of drug-likeness (QED) is 0.294. The third kappa shape index (κ3) is 5.59. The largest absolute Gasteiger partial charge is 0.396 e. The molecule has 0 unspecified atom stereocenters. The Balaban J connectivity index is 1.22. The van der Waals surface area contributed by atoms with Crippen LogP contribution >= 0.6 is 0 Å². The van der Waals surface area contributed by atoms with E-state index in [2.05, 4.69) is 65.1 Å². The van der Waals surface area contributed by atoms with Crippen molar-refractivity contribution in [3.63, 3.8) is 0 Å². The summed E-state index contributed by atoms with van der Waals surface area (Å²) in [6.07, 6.45) is 4.06. The second kappa shape index (κ2) is 10.1. The molecular formula is C26H28N8O. The van der Waals surface area contributed by atoms with E-state index >= 15 is 0 Å². The first-order chi connectivity index (χ1) is 17.1. The number of aliphatic hydroxyl groups excluding tert-OH is 1. The minimum atomic E-state index is -0.0546. The van der Waals surface area contributed by atoms with Gasteiger partial charge in [0.15, 0.2) is 5.82 Å². The Morgan fingerprint density at radius 3 is 2.40 bits per heavy atom. The van der Waals surface area contributed by atoms with Gasteiger partial charge in [-0.3, -0.25) is 0 Å². The standard InChI is InChI=1S/C26H28N8O/c1-18-3-2-4-21(31-18)25-29-12-10-23(34-25)32-22-9-11-28-24(33-22)13-19-5-7-20(8-6-19)30-16-26(17-35)14-27-15-26/h2-12,27,30,35H,13-17H2,1H3,(H,28,29,32,33,34). The SMILES string of the molecule is Cc1cccc(-c2nccc(Nc3ccnc(Cc4ccc(NCC5(CO)CNC5)cc4)n3)n2)n1. The van der Waals surface area contributed by atoms with Crippen LogP contribution in [0.25, 0.3) is 11.5 Å². The van der Waals surface area contributed by atoms with Crippen molar-refractivity contribution in [2.45, 2.75) is 13.3 Å². The third-order valence-corrected chi connectivity index (χ3v) is 6.05. The van der Waals surface area contributed by atoms with E-state index in [4.69, 9.17) is 0 Å². The van der Waals surface area contributed by atoms with Gasteiger partial charge in [0, 0.05) is 55.2 Å². The van der Waals surface area contributed by atoms with Crippen LogP contribution in [-0.2, 0) is 6.42 Å². The number of nitrogens with zero attached hydrogens (tertiary/aromatic N) is 5. The maximum absolute atomic E-state index is 9.61. The highest BCUT2D eigenvalue weighted by molar-refractivity contribution is 5.56. The van der Waals surface area contributed by atoms with E-state index in [1.807, 2.05) is 31.2 Å². The molecule has 1 aliphatic heterocycles. The van der Waals surface area contributed by atoms with Gasteiger partial charge >= 0.3 is 0 Å². The molecule has 5 rings (SSSR count). The Hall–Kier alpha value is -3.95. The minimum absolute atomic E-state index is 0.0546. The second-order valence-corrected chi connectivity index (χ2v) is 8.90. The first-order valence-corrected chi connectivity index (χ1v) is 11.6. The van der Waals surface area contributed by atoms with E-state index in [0.29, 0.717) is 29.7 Å². The van der Waals surface area contributed by atoms with E-state index in [9.17, 15) is 5.11 Å². The summed E-state index contributed by atoms with van der Waals surface area (Å²) in [7, 11) is 0. The van der Waals surface area contributed by atoms with Gasteiger partial charge in [-0.15, -0.1) is 0 Å². The molecule has 0 spiro atoms. The van der Waals surface area contributed by atoms with Gasteiger partial charge in [-0.1, -0.05) is 18.2 Å². The number of aryl methyl sites for hydroxylation is 1. The number of nitrogens with one attached hydrogen (secondary N) is 3. The van der Waals surface area contributed by atoms with Crippen LogP contribution in [0.5, 0.6) is 0 Å². The smallest absolute Gasteiger partial charge is 0.180 e. The molecule has 9 heteroatoms. The van der Waals surface area contributed by atoms with Gasteiger partial charge in [0.1, 0.15) is 23.2 Å². The van der Waals surface area contributed by atoms with Crippen LogP contribution in [0.15, 0.2) is 67.0 Å². The van der Waals surface area contributed by atoms with Crippen LogP contribution in [-0.4, -0.2) is 56.3 Å². The molecule has 0 bridgehead atoms. The molecule has 0 amide bonds. The molecule has 0 aliphatic carbocycles. The zero-order chi connectivity index (χ0) is 24.1. The fraction of sp³-hybridized carbons (Fsp3) is 0.269. The number of benzene rings is 1.